The van der Waals surface area contributed by atoms with Crippen molar-refractivity contribution < 1.29 is 4.74 Å². The highest BCUT2D eigenvalue weighted by Crippen LogP contribution is 2.14. The van der Waals surface area contributed by atoms with E-state index in [0.29, 0.717) is 5.88 Å². The van der Waals surface area contributed by atoms with Gasteiger partial charge in [0.05, 0.1) is 5.70 Å². The van der Waals surface area contributed by atoms with Crippen molar-refractivity contribution in [2.24, 2.45) is 0 Å². The van der Waals surface area contributed by atoms with Crippen LogP contribution < -0.4 is 11.1 Å². The van der Waals surface area contributed by atoms with Crippen LogP contribution in [0.15, 0.2) is 48.7 Å². The second-order valence-corrected chi connectivity index (χ2v) is 3.23. The minimum atomic E-state index is 0.579. The Labute approximate surface area is 82.9 Å². The summed E-state index contributed by atoms with van der Waals surface area (Å²) >= 11 is 0. The van der Waals surface area contributed by atoms with Gasteiger partial charge in [-0.1, -0.05) is 12.1 Å². The molecule has 1 heterocycles. The van der Waals surface area contributed by atoms with Crippen LogP contribution >= 0.6 is 0 Å². The summed E-state index contributed by atoms with van der Waals surface area (Å²) < 4.78 is 5.07. The van der Waals surface area contributed by atoms with E-state index in [1.165, 1.54) is 5.56 Å². The third-order valence-electron chi connectivity index (χ3n) is 2.02. The molecule has 0 bridgehead atoms. The van der Waals surface area contributed by atoms with Crippen LogP contribution in [0.2, 0.25) is 0 Å². The Morgan fingerprint density at radius 1 is 1.29 bits per heavy atom. The molecule has 0 saturated carbocycles. The van der Waals surface area contributed by atoms with E-state index in [2.05, 4.69) is 11.9 Å². The maximum atomic E-state index is 5.59. The van der Waals surface area contributed by atoms with Crippen molar-refractivity contribution in [1.82, 2.24) is 5.32 Å². The number of benzene rings is 1. The largest absolute Gasteiger partial charge is 0.448 e. The van der Waals surface area contributed by atoms with Gasteiger partial charge in [0.2, 0.25) is 0 Å². The lowest BCUT2D eigenvalue weighted by molar-refractivity contribution is 0.359. The molecule has 3 N–H and O–H groups in total. The third-order valence-corrected chi connectivity index (χ3v) is 2.02. The monoisotopic (exact) mass is 188 g/mol. The molecule has 3 heteroatoms. The molecule has 1 aromatic rings. The van der Waals surface area contributed by atoms with Gasteiger partial charge in [0.15, 0.2) is 5.88 Å². The van der Waals surface area contributed by atoms with E-state index in [-0.39, 0.29) is 0 Å². The normalized spacial score (nSPS) is 14.6. The van der Waals surface area contributed by atoms with Crippen molar-refractivity contribution in [3.8, 4) is 0 Å². The van der Waals surface area contributed by atoms with Gasteiger partial charge in [-0.05, 0) is 24.3 Å². The van der Waals surface area contributed by atoms with Crippen LogP contribution in [0.5, 0.6) is 0 Å². The molecule has 14 heavy (non-hydrogen) atoms. The summed E-state index contributed by atoms with van der Waals surface area (Å²) in [6.07, 6.45) is 2.48. The minimum absolute atomic E-state index is 0.579. The van der Waals surface area contributed by atoms with Crippen LogP contribution in [0.4, 0.5) is 5.69 Å². The first-order valence-electron chi connectivity index (χ1n) is 4.40. The average molecular weight is 188 g/mol. The van der Waals surface area contributed by atoms with E-state index in [1.54, 1.807) is 6.26 Å². The molecule has 0 saturated heterocycles. The summed E-state index contributed by atoms with van der Waals surface area (Å²) in [6, 6.07) is 7.78. The predicted octanol–water partition coefficient (Wildman–Crippen LogP) is 1.74. The molecular weight excluding hydrogens is 176 g/mol. The van der Waals surface area contributed by atoms with Crippen molar-refractivity contribution in [2.45, 2.75) is 6.42 Å². The lowest BCUT2D eigenvalue weighted by Gasteiger charge is -2.02. The summed E-state index contributed by atoms with van der Waals surface area (Å²) in [5.74, 6) is 0.579. The van der Waals surface area contributed by atoms with E-state index in [4.69, 9.17) is 10.5 Å². The zero-order valence-electron chi connectivity index (χ0n) is 7.79. The van der Waals surface area contributed by atoms with Gasteiger partial charge in [-0.3, -0.25) is 0 Å². The molecular formula is C11H12N2O. The van der Waals surface area contributed by atoms with E-state index < -0.39 is 0 Å². The number of hydrogen-bond acceptors (Lipinski definition) is 3. The molecule has 0 unspecified atom stereocenters. The molecule has 2 rings (SSSR count). The van der Waals surface area contributed by atoms with Gasteiger partial charge in [-0.2, -0.15) is 0 Å². The number of ether oxygens (including phenoxy) is 1. The minimum Gasteiger partial charge on any atom is -0.448 e. The van der Waals surface area contributed by atoms with Crippen molar-refractivity contribution in [1.29, 1.82) is 0 Å². The van der Waals surface area contributed by atoms with Crippen molar-refractivity contribution >= 4 is 5.69 Å². The van der Waals surface area contributed by atoms with Crippen LogP contribution in [0.1, 0.15) is 5.56 Å². The van der Waals surface area contributed by atoms with Crippen molar-refractivity contribution in [3.63, 3.8) is 0 Å². The quantitative estimate of drug-likeness (QED) is 0.695. The smallest absolute Gasteiger partial charge is 0.189 e. The third kappa shape index (κ3) is 1.88. The molecule has 0 amide bonds. The highest BCUT2D eigenvalue weighted by molar-refractivity contribution is 5.40. The second kappa shape index (κ2) is 3.46. The first kappa shape index (κ1) is 8.69. The lowest BCUT2D eigenvalue weighted by Crippen LogP contribution is -2.07. The Hall–Kier alpha value is -1.90. The van der Waals surface area contributed by atoms with Crippen LogP contribution in [0.3, 0.4) is 0 Å². The zero-order valence-corrected chi connectivity index (χ0v) is 7.79. The highest BCUT2D eigenvalue weighted by atomic mass is 16.5. The molecule has 1 aromatic carbocycles. The highest BCUT2D eigenvalue weighted by Gasteiger charge is 2.08. The molecule has 72 valence electrons. The van der Waals surface area contributed by atoms with Gasteiger partial charge in [0, 0.05) is 12.1 Å². The average Bonchev–Trinajstić information content (AvgIpc) is 2.56. The Morgan fingerprint density at radius 3 is 2.57 bits per heavy atom. The number of anilines is 1. The Balaban J connectivity index is 2.04. The number of nitrogens with two attached hydrogens (primary N) is 1. The maximum absolute atomic E-state index is 5.59. The number of nitrogen functional groups attached to an aromatic ring is 1. The van der Waals surface area contributed by atoms with Gasteiger partial charge in [0.1, 0.15) is 6.26 Å². The van der Waals surface area contributed by atoms with E-state index in [0.717, 1.165) is 17.8 Å². The lowest BCUT2D eigenvalue weighted by atomic mass is 10.1. The summed E-state index contributed by atoms with van der Waals surface area (Å²) in [5.41, 5.74) is 8.57. The van der Waals surface area contributed by atoms with Gasteiger partial charge >= 0.3 is 0 Å². The molecule has 0 aliphatic carbocycles. The second-order valence-electron chi connectivity index (χ2n) is 3.23. The number of allylic oxidation sites excluding steroid dienone is 1. The van der Waals surface area contributed by atoms with Crippen LogP contribution in [-0.4, -0.2) is 0 Å². The molecule has 0 atom stereocenters. The fourth-order valence-corrected chi connectivity index (χ4v) is 1.32. The van der Waals surface area contributed by atoms with Crippen LogP contribution in [0, 0.1) is 0 Å². The zero-order chi connectivity index (χ0) is 9.97. The van der Waals surface area contributed by atoms with Crippen LogP contribution in [0.25, 0.3) is 0 Å². The number of rotatable bonds is 2. The molecule has 1 aliphatic heterocycles. The molecule has 0 fully saturated rings. The Morgan fingerprint density at radius 2 is 2.00 bits per heavy atom. The Bertz CT molecular complexity index is 379. The fraction of sp³-hybridized carbons (Fsp3) is 0.0909. The first-order valence-corrected chi connectivity index (χ1v) is 4.40. The van der Waals surface area contributed by atoms with Gasteiger partial charge in [-0.25, -0.2) is 0 Å². The van der Waals surface area contributed by atoms with Crippen molar-refractivity contribution in [2.75, 3.05) is 5.73 Å². The molecule has 1 aliphatic rings. The van der Waals surface area contributed by atoms with E-state index in [1.807, 2.05) is 24.3 Å². The van der Waals surface area contributed by atoms with E-state index in [9.17, 15) is 0 Å². The molecule has 3 nitrogen and oxygen atoms in total. The van der Waals surface area contributed by atoms with Crippen molar-refractivity contribution in [3.05, 3.63) is 54.3 Å². The molecule has 0 radical (unpaired) electrons. The number of hydrogen-bond donors (Lipinski definition) is 2. The van der Waals surface area contributed by atoms with Gasteiger partial charge < -0.3 is 15.8 Å². The summed E-state index contributed by atoms with van der Waals surface area (Å²) in [7, 11) is 0. The number of nitrogens with one attached hydrogen (secondary N) is 1. The van der Waals surface area contributed by atoms with Crippen LogP contribution in [-0.2, 0) is 11.2 Å². The SMILES string of the molecule is C=C1NC(Cc2ccc(N)cc2)=CO1. The van der Waals surface area contributed by atoms with E-state index >= 15 is 0 Å². The molecule has 0 aromatic heterocycles. The first-order chi connectivity index (χ1) is 6.74. The maximum Gasteiger partial charge on any atom is 0.189 e. The summed E-state index contributed by atoms with van der Waals surface area (Å²) in [4.78, 5) is 0. The fourth-order valence-electron chi connectivity index (χ4n) is 1.32. The summed E-state index contributed by atoms with van der Waals surface area (Å²) in [6.45, 7) is 3.65. The molecule has 0 spiro atoms. The predicted molar refractivity (Wildman–Crippen MR) is 56.0 cm³/mol. The standard InChI is InChI=1S/C11H12N2O/c1-8-13-11(7-14-8)6-9-2-4-10(12)5-3-9/h2-5,7,13H,1,6,12H2. The van der Waals surface area contributed by atoms with Gasteiger partial charge in [-0.15, -0.1) is 0 Å². The summed E-state index contributed by atoms with van der Waals surface area (Å²) in [5, 5.41) is 3.03. The topological polar surface area (TPSA) is 47.3 Å². The Kier molecular flexibility index (Phi) is 2.14. The van der Waals surface area contributed by atoms with Gasteiger partial charge in [0.25, 0.3) is 0 Å².